The van der Waals surface area contributed by atoms with Crippen LogP contribution in [0.15, 0.2) is 60.7 Å². The summed E-state index contributed by atoms with van der Waals surface area (Å²) in [4.78, 5) is 31.8. The third kappa shape index (κ3) is 4.34. The minimum Gasteiger partial charge on any atom is -0.321 e. The van der Waals surface area contributed by atoms with E-state index in [1.165, 1.54) is 16.9 Å². The molecule has 0 bridgehead atoms. The summed E-state index contributed by atoms with van der Waals surface area (Å²) < 4.78 is 0. The number of pyridine rings is 1. The number of anilines is 2. The molecule has 4 aromatic rings. The lowest BCUT2D eigenvalue weighted by atomic mass is 10.1. The van der Waals surface area contributed by atoms with Crippen molar-refractivity contribution in [1.29, 1.82) is 0 Å². The van der Waals surface area contributed by atoms with Gasteiger partial charge in [0.15, 0.2) is 0 Å². The fourth-order valence-corrected chi connectivity index (χ4v) is 4.65. The molecule has 2 aromatic carbocycles. The molecule has 0 aliphatic carbocycles. The summed E-state index contributed by atoms with van der Waals surface area (Å²) in [6.07, 6.45) is 0.935. The first kappa shape index (κ1) is 20.8. The minimum atomic E-state index is -0.271. The molecule has 4 rings (SSSR count). The maximum absolute atomic E-state index is 13.2. The van der Waals surface area contributed by atoms with Crippen LogP contribution < -0.4 is 10.6 Å². The molecule has 2 heterocycles. The van der Waals surface area contributed by atoms with Crippen molar-refractivity contribution in [1.82, 2.24) is 4.98 Å². The van der Waals surface area contributed by atoms with Crippen LogP contribution >= 0.6 is 11.3 Å². The number of thiophene rings is 1. The lowest BCUT2D eigenvalue weighted by molar-refractivity contribution is 0.102. The Morgan fingerprint density at radius 1 is 0.935 bits per heavy atom. The van der Waals surface area contributed by atoms with E-state index < -0.39 is 0 Å². The number of nitrogens with one attached hydrogen (secondary N) is 2. The first-order valence-electron chi connectivity index (χ1n) is 10.1. The van der Waals surface area contributed by atoms with Crippen molar-refractivity contribution in [2.45, 2.75) is 27.2 Å². The average molecular weight is 430 g/mol. The van der Waals surface area contributed by atoms with Crippen molar-refractivity contribution < 1.29 is 9.59 Å². The number of amides is 2. The van der Waals surface area contributed by atoms with E-state index in [0.29, 0.717) is 21.8 Å². The largest absolute Gasteiger partial charge is 0.321 e. The highest BCUT2D eigenvalue weighted by atomic mass is 32.1. The highest BCUT2D eigenvalue weighted by Gasteiger charge is 2.23. The summed E-state index contributed by atoms with van der Waals surface area (Å²) in [6.45, 7) is 5.97. The van der Waals surface area contributed by atoms with Gasteiger partial charge >= 0.3 is 0 Å². The Morgan fingerprint density at radius 3 is 2.32 bits per heavy atom. The third-order valence-corrected chi connectivity index (χ3v) is 6.17. The Labute approximate surface area is 185 Å². The smallest absolute Gasteiger partial charge is 0.267 e. The standard InChI is InChI=1S/C25H23N3O2S/c1-4-17-10-12-19(13-11-17)27-24(30)22-21(28-23(29)18-8-6-5-7-9-18)20-15(2)14-16(3)26-25(20)31-22/h5-14H,4H2,1-3H3,(H,27,30)(H,28,29). The van der Waals surface area contributed by atoms with Crippen LogP contribution in [0.3, 0.4) is 0 Å². The Balaban J connectivity index is 1.74. The van der Waals surface area contributed by atoms with Crippen molar-refractivity contribution in [3.05, 3.63) is 87.9 Å². The highest BCUT2D eigenvalue weighted by Crippen LogP contribution is 2.38. The predicted octanol–water partition coefficient (Wildman–Crippen LogP) is 5.98. The molecule has 2 amide bonds. The SMILES string of the molecule is CCc1ccc(NC(=O)c2sc3nc(C)cc(C)c3c2NC(=O)c2ccccc2)cc1. The van der Waals surface area contributed by atoms with Gasteiger partial charge in [-0.3, -0.25) is 9.59 Å². The van der Waals surface area contributed by atoms with Crippen LogP contribution in [0.1, 0.15) is 43.8 Å². The molecule has 5 nitrogen and oxygen atoms in total. The van der Waals surface area contributed by atoms with Gasteiger partial charge in [0.25, 0.3) is 11.8 Å². The van der Waals surface area contributed by atoms with Crippen LogP contribution in [0.5, 0.6) is 0 Å². The molecular weight excluding hydrogens is 406 g/mol. The second-order valence-corrected chi connectivity index (χ2v) is 8.39. The molecule has 0 spiro atoms. The average Bonchev–Trinajstić information content (AvgIpc) is 3.13. The van der Waals surface area contributed by atoms with Gasteiger partial charge in [0.05, 0.1) is 5.69 Å². The van der Waals surface area contributed by atoms with Crippen molar-refractivity contribution in [3.63, 3.8) is 0 Å². The van der Waals surface area contributed by atoms with Crippen LogP contribution in [0.25, 0.3) is 10.2 Å². The van der Waals surface area contributed by atoms with Gasteiger partial charge < -0.3 is 10.6 Å². The predicted molar refractivity (Wildman–Crippen MR) is 127 cm³/mol. The van der Waals surface area contributed by atoms with Gasteiger partial charge in [-0.15, -0.1) is 11.3 Å². The number of carbonyl (C=O) groups is 2. The van der Waals surface area contributed by atoms with Crippen LogP contribution in [-0.2, 0) is 6.42 Å². The second-order valence-electron chi connectivity index (χ2n) is 7.39. The van der Waals surface area contributed by atoms with Gasteiger partial charge in [-0.25, -0.2) is 4.98 Å². The maximum Gasteiger partial charge on any atom is 0.267 e. The van der Waals surface area contributed by atoms with E-state index in [-0.39, 0.29) is 11.8 Å². The number of fused-ring (bicyclic) bond motifs is 1. The van der Waals surface area contributed by atoms with E-state index in [1.807, 2.05) is 62.4 Å². The van der Waals surface area contributed by atoms with E-state index >= 15 is 0 Å². The summed E-state index contributed by atoms with van der Waals surface area (Å²) in [6, 6.07) is 18.7. The Morgan fingerprint density at radius 2 is 1.65 bits per heavy atom. The fraction of sp³-hybridized carbons (Fsp3) is 0.160. The van der Waals surface area contributed by atoms with E-state index in [2.05, 4.69) is 22.5 Å². The van der Waals surface area contributed by atoms with Gasteiger partial charge in [0.1, 0.15) is 9.71 Å². The summed E-state index contributed by atoms with van der Waals surface area (Å²) >= 11 is 1.29. The number of hydrogen-bond donors (Lipinski definition) is 2. The number of nitrogens with zero attached hydrogens (tertiary/aromatic N) is 1. The molecule has 0 atom stereocenters. The molecular formula is C25H23N3O2S. The molecule has 0 saturated carbocycles. The van der Waals surface area contributed by atoms with Crippen LogP contribution in [-0.4, -0.2) is 16.8 Å². The molecule has 0 fully saturated rings. The zero-order valence-corrected chi connectivity index (χ0v) is 18.5. The molecule has 0 saturated heterocycles. The van der Waals surface area contributed by atoms with Crippen LogP contribution in [0.4, 0.5) is 11.4 Å². The quantitative estimate of drug-likeness (QED) is 0.410. The lowest BCUT2D eigenvalue weighted by Crippen LogP contribution is -2.16. The van der Waals surface area contributed by atoms with E-state index in [4.69, 9.17) is 0 Å². The number of benzene rings is 2. The summed E-state index contributed by atoms with van der Waals surface area (Å²) in [7, 11) is 0. The maximum atomic E-state index is 13.2. The van der Waals surface area contributed by atoms with E-state index in [9.17, 15) is 9.59 Å². The van der Waals surface area contributed by atoms with Crippen molar-refractivity contribution in [2.75, 3.05) is 10.6 Å². The fourth-order valence-electron chi connectivity index (χ4n) is 3.51. The van der Waals surface area contributed by atoms with Gasteiger partial charge in [0.2, 0.25) is 0 Å². The van der Waals surface area contributed by atoms with Gasteiger partial charge in [0, 0.05) is 22.3 Å². The normalized spacial score (nSPS) is 10.8. The molecule has 2 aromatic heterocycles. The van der Waals surface area contributed by atoms with E-state index in [1.54, 1.807) is 12.1 Å². The zero-order chi connectivity index (χ0) is 22.0. The Hall–Kier alpha value is -3.51. The topological polar surface area (TPSA) is 71.1 Å². The molecule has 31 heavy (non-hydrogen) atoms. The van der Waals surface area contributed by atoms with E-state index in [0.717, 1.165) is 27.9 Å². The summed E-state index contributed by atoms with van der Waals surface area (Å²) in [5.74, 6) is -0.533. The molecule has 156 valence electrons. The lowest BCUT2D eigenvalue weighted by Gasteiger charge is -2.10. The number of aryl methyl sites for hydroxylation is 3. The third-order valence-electron chi connectivity index (χ3n) is 5.09. The highest BCUT2D eigenvalue weighted by molar-refractivity contribution is 7.21. The first-order chi connectivity index (χ1) is 15.0. The number of rotatable bonds is 5. The van der Waals surface area contributed by atoms with Crippen molar-refractivity contribution in [3.8, 4) is 0 Å². The monoisotopic (exact) mass is 429 g/mol. The van der Waals surface area contributed by atoms with Crippen LogP contribution in [0, 0.1) is 13.8 Å². The van der Waals surface area contributed by atoms with Crippen molar-refractivity contribution >= 4 is 44.7 Å². The minimum absolute atomic E-state index is 0.262. The molecule has 0 unspecified atom stereocenters. The molecule has 0 radical (unpaired) electrons. The van der Waals surface area contributed by atoms with Crippen molar-refractivity contribution in [2.24, 2.45) is 0 Å². The van der Waals surface area contributed by atoms with Gasteiger partial charge in [-0.05, 0) is 61.7 Å². The summed E-state index contributed by atoms with van der Waals surface area (Å²) in [5.41, 5.74) is 4.78. The zero-order valence-electron chi connectivity index (χ0n) is 17.7. The van der Waals surface area contributed by atoms with Gasteiger partial charge in [-0.1, -0.05) is 37.3 Å². The molecule has 0 aliphatic heterocycles. The van der Waals surface area contributed by atoms with Gasteiger partial charge in [-0.2, -0.15) is 0 Å². The molecule has 6 heteroatoms. The number of hydrogen-bond acceptors (Lipinski definition) is 4. The molecule has 2 N–H and O–H groups in total. The number of aromatic nitrogens is 1. The first-order valence-corrected chi connectivity index (χ1v) is 11.0. The molecule has 0 aliphatic rings. The second kappa shape index (κ2) is 8.70. The number of carbonyl (C=O) groups excluding carboxylic acids is 2. The Bertz CT molecular complexity index is 1260. The van der Waals surface area contributed by atoms with Crippen LogP contribution in [0.2, 0.25) is 0 Å². The summed E-state index contributed by atoms with van der Waals surface area (Å²) in [5, 5.41) is 6.71. The Kier molecular flexibility index (Phi) is 5.82.